The third-order valence-electron chi connectivity index (χ3n) is 4.17. The van der Waals surface area contributed by atoms with Gasteiger partial charge in [0.1, 0.15) is 6.04 Å². The van der Waals surface area contributed by atoms with Crippen LogP contribution >= 0.6 is 0 Å². The topological polar surface area (TPSA) is 41.1 Å². The first-order valence-corrected chi connectivity index (χ1v) is 7.78. The first kappa shape index (κ1) is 16.4. The number of hydrogen-bond acceptors (Lipinski definition) is 2. The summed E-state index contributed by atoms with van der Waals surface area (Å²) in [6.45, 7) is 1.61. The van der Waals surface area contributed by atoms with E-state index in [4.69, 9.17) is 0 Å². The van der Waals surface area contributed by atoms with Crippen LogP contribution in [0.4, 0.5) is 24.5 Å². The summed E-state index contributed by atoms with van der Waals surface area (Å²) in [5.74, 6) is -4.85. The number of nitrogens with one attached hydrogen (secondary N) is 2. The minimum Gasteiger partial charge on any atom is -0.374 e. The molecule has 3 rings (SSSR count). The van der Waals surface area contributed by atoms with Gasteiger partial charge in [-0.1, -0.05) is 6.07 Å². The van der Waals surface area contributed by atoms with E-state index >= 15 is 0 Å². The van der Waals surface area contributed by atoms with Gasteiger partial charge in [0.15, 0.2) is 17.5 Å². The fourth-order valence-corrected chi connectivity index (χ4v) is 2.84. The van der Waals surface area contributed by atoms with E-state index in [-0.39, 0.29) is 5.69 Å². The molecule has 0 radical (unpaired) electrons. The molecule has 0 unspecified atom stereocenters. The average molecular weight is 334 g/mol. The SMILES string of the molecule is C[C@H](Nc1ccc2c(c1)CCC2)C(=O)Nc1ccc(F)c(F)c1F. The van der Waals surface area contributed by atoms with Gasteiger partial charge in [0.25, 0.3) is 0 Å². The Bertz CT molecular complexity index is 792. The van der Waals surface area contributed by atoms with Crippen LogP contribution in [0.2, 0.25) is 0 Å². The summed E-state index contributed by atoms with van der Waals surface area (Å²) >= 11 is 0. The number of benzene rings is 2. The van der Waals surface area contributed by atoms with E-state index in [0.29, 0.717) is 0 Å². The van der Waals surface area contributed by atoms with Gasteiger partial charge in [0.2, 0.25) is 5.91 Å². The highest BCUT2D eigenvalue weighted by Gasteiger charge is 2.19. The quantitative estimate of drug-likeness (QED) is 0.829. The van der Waals surface area contributed by atoms with Crippen molar-refractivity contribution in [1.29, 1.82) is 0 Å². The molecule has 1 amide bonds. The molecule has 0 fully saturated rings. The van der Waals surface area contributed by atoms with Crippen molar-refractivity contribution < 1.29 is 18.0 Å². The van der Waals surface area contributed by atoms with Crippen LogP contribution in [0.1, 0.15) is 24.5 Å². The van der Waals surface area contributed by atoms with Gasteiger partial charge in [-0.25, -0.2) is 13.2 Å². The zero-order valence-electron chi connectivity index (χ0n) is 13.1. The average Bonchev–Trinajstić information content (AvgIpc) is 3.03. The lowest BCUT2D eigenvalue weighted by atomic mass is 10.1. The normalized spacial score (nSPS) is 14.2. The van der Waals surface area contributed by atoms with E-state index in [2.05, 4.69) is 10.6 Å². The number of carbonyl (C=O) groups excluding carboxylic acids is 1. The number of anilines is 2. The Kier molecular flexibility index (Phi) is 4.46. The van der Waals surface area contributed by atoms with Crippen LogP contribution in [0.3, 0.4) is 0 Å². The van der Waals surface area contributed by atoms with Crippen molar-refractivity contribution in [1.82, 2.24) is 0 Å². The lowest BCUT2D eigenvalue weighted by Crippen LogP contribution is -2.32. The first-order valence-electron chi connectivity index (χ1n) is 7.78. The summed E-state index contributed by atoms with van der Waals surface area (Å²) in [7, 11) is 0. The van der Waals surface area contributed by atoms with Gasteiger partial charge in [-0.2, -0.15) is 0 Å². The fraction of sp³-hybridized carbons (Fsp3) is 0.278. The number of rotatable bonds is 4. The monoisotopic (exact) mass is 334 g/mol. The maximum atomic E-state index is 13.6. The molecule has 1 atom stereocenters. The molecule has 2 N–H and O–H groups in total. The van der Waals surface area contributed by atoms with Crippen LogP contribution in [-0.2, 0) is 17.6 Å². The molecule has 0 spiro atoms. The number of halogens is 3. The minimum atomic E-state index is -1.60. The van der Waals surface area contributed by atoms with Crippen LogP contribution in [0.5, 0.6) is 0 Å². The standard InChI is InChI=1S/C18H17F3N2O/c1-10(22-13-6-5-11-3-2-4-12(11)9-13)18(24)23-15-8-7-14(19)16(20)17(15)21/h5-10,22H,2-4H2,1H3,(H,23,24)/t10-/m0/s1. The Morgan fingerprint density at radius 2 is 1.79 bits per heavy atom. The molecule has 126 valence electrons. The second kappa shape index (κ2) is 6.55. The van der Waals surface area contributed by atoms with Crippen molar-refractivity contribution in [2.75, 3.05) is 10.6 Å². The molecule has 0 bridgehead atoms. The highest BCUT2D eigenvalue weighted by Crippen LogP contribution is 2.25. The van der Waals surface area contributed by atoms with E-state index in [1.807, 2.05) is 18.2 Å². The van der Waals surface area contributed by atoms with Crippen LogP contribution < -0.4 is 10.6 Å². The second-order valence-corrected chi connectivity index (χ2v) is 5.92. The smallest absolute Gasteiger partial charge is 0.246 e. The Balaban J connectivity index is 1.68. The lowest BCUT2D eigenvalue weighted by molar-refractivity contribution is -0.116. The molecule has 3 nitrogen and oxygen atoms in total. The van der Waals surface area contributed by atoms with E-state index in [0.717, 1.165) is 37.1 Å². The van der Waals surface area contributed by atoms with Crippen LogP contribution in [0, 0.1) is 17.5 Å². The van der Waals surface area contributed by atoms with E-state index in [9.17, 15) is 18.0 Å². The first-order chi connectivity index (χ1) is 11.5. The van der Waals surface area contributed by atoms with Crippen molar-refractivity contribution in [3.05, 3.63) is 58.9 Å². The highest BCUT2D eigenvalue weighted by molar-refractivity contribution is 5.96. The zero-order chi connectivity index (χ0) is 17.3. The molecule has 2 aromatic rings. The van der Waals surface area contributed by atoms with E-state index in [1.165, 1.54) is 11.1 Å². The van der Waals surface area contributed by atoms with Gasteiger partial charge in [-0.3, -0.25) is 4.79 Å². The van der Waals surface area contributed by atoms with Crippen molar-refractivity contribution in [2.24, 2.45) is 0 Å². The molecule has 0 aliphatic heterocycles. The number of fused-ring (bicyclic) bond motifs is 1. The van der Waals surface area contributed by atoms with Gasteiger partial charge in [0.05, 0.1) is 5.69 Å². The largest absolute Gasteiger partial charge is 0.374 e. The Morgan fingerprint density at radius 3 is 2.58 bits per heavy atom. The van der Waals surface area contributed by atoms with Gasteiger partial charge < -0.3 is 10.6 Å². The van der Waals surface area contributed by atoms with Crippen molar-refractivity contribution in [2.45, 2.75) is 32.2 Å². The van der Waals surface area contributed by atoms with Crippen molar-refractivity contribution in [3.63, 3.8) is 0 Å². The minimum absolute atomic E-state index is 0.387. The molecule has 0 heterocycles. The third-order valence-corrected chi connectivity index (χ3v) is 4.17. The molecule has 0 saturated carbocycles. The maximum absolute atomic E-state index is 13.6. The van der Waals surface area contributed by atoms with Crippen molar-refractivity contribution in [3.8, 4) is 0 Å². The maximum Gasteiger partial charge on any atom is 0.246 e. The number of amides is 1. The lowest BCUT2D eigenvalue weighted by Gasteiger charge is -2.16. The number of aryl methyl sites for hydroxylation is 2. The predicted octanol–water partition coefficient (Wildman–Crippen LogP) is 4.03. The highest BCUT2D eigenvalue weighted by atomic mass is 19.2. The molecule has 0 saturated heterocycles. The molecule has 1 aliphatic rings. The molecule has 24 heavy (non-hydrogen) atoms. The Morgan fingerprint density at radius 1 is 1.04 bits per heavy atom. The number of hydrogen-bond donors (Lipinski definition) is 2. The third kappa shape index (κ3) is 3.22. The van der Waals surface area contributed by atoms with Gasteiger partial charge in [-0.05, 0) is 61.6 Å². The van der Waals surface area contributed by atoms with E-state index in [1.54, 1.807) is 6.92 Å². The zero-order valence-corrected chi connectivity index (χ0v) is 13.1. The van der Waals surface area contributed by atoms with Crippen LogP contribution in [0.15, 0.2) is 30.3 Å². The summed E-state index contributed by atoms with van der Waals surface area (Å²) in [4.78, 5) is 12.1. The Hall–Kier alpha value is -2.50. The van der Waals surface area contributed by atoms with Crippen molar-refractivity contribution >= 4 is 17.3 Å². The van der Waals surface area contributed by atoms with Gasteiger partial charge in [-0.15, -0.1) is 0 Å². The fourth-order valence-electron chi connectivity index (χ4n) is 2.84. The van der Waals surface area contributed by atoms with Gasteiger partial charge in [0, 0.05) is 5.69 Å². The second-order valence-electron chi connectivity index (χ2n) is 5.92. The predicted molar refractivity (Wildman–Crippen MR) is 86.5 cm³/mol. The molecular weight excluding hydrogens is 317 g/mol. The summed E-state index contributed by atoms with van der Waals surface area (Å²) in [6.07, 6.45) is 3.22. The Labute approximate surface area is 137 Å². The summed E-state index contributed by atoms with van der Waals surface area (Å²) in [6, 6.07) is 7.03. The molecule has 6 heteroatoms. The molecule has 1 aliphatic carbocycles. The van der Waals surface area contributed by atoms with E-state index < -0.39 is 29.4 Å². The molecule has 0 aromatic heterocycles. The summed E-state index contributed by atoms with van der Waals surface area (Å²) in [5.41, 5.74) is 2.99. The summed E-state index contributed by atoms with van der Waals surface area (Å²) < 4.78 is 39.7. The van der Waals surface area contributed by atoms with Crippen LogP contribution in [-0.4, -0.2) is 11.9 Å². The van der Waals surface area contributed by atoms with Gasteiger partial charge >= 0.3 is 0 Å². The molecular formula is C18H17F3N2O. The number of carbonyl (C=O) groups is 1. The summed E-state index contributed by atoms with van der Waals surface area (Å²) in [5, 5.41) is 5.30. The van der Waals surface area contributed by atoms with Crippen LogP contribution in [0.25, 0.3) is 0 Å². The molecule has 2 aromatic carbocycles.